The summed E-state index contributed by atoms with van der Waals surface area (Å²) >= 11 is 3.20. The Morgan fingerprint density at radius 3 is 2.69 bits per heavy atom. The summed E-state index contributed by atoms with van der Waals surface area (Å²) in [4.78, 5) is 11.8. The number of hydrogen-bond donors (Lipinski definition) is 1. The standard InChI is InChI=1S/C12H10O2S2/c13-11(14)8-9-6-7-15-12(9)16-10-4-2-1-3-5-10/h1-7H,8H2,(H,13,14). The molecule has 4 heteroatoms. The van der Waals surface area contributed by atoms with Crippen molar-refractivity contribution in [3.63, 3.8) is 0 Å². The number of benzene rings is 1. The molecule has 0 unspecified atom stereocenters. The molecule has 1 N–H and O–H groups in total. The second kappa shape index (κ2) is 5.18. The Hall–Kier alpha value is -1.26. The predicted molar refractivity (Wildman–Crippen MR) is 66.2 cm³/mol. The largest absolute Gasteiger partial charge is 0.481 e. The molecule has 1 heterocycles. The van der Waals surface area contributed by atoms with Crippen molar-refractivity contribution in [2.75, 3.05) is 0 Å². The van der Waals surface area contributed by atoms with Crippen LogP contribution in [0, 0.1) is 0 Å². The van der Waals surface area contributed by atoms with Gasteiger partial charge in [-0.3, -0.25) is 4.79 Å². The van der Waals surface area contributed by atoms with Crippen LogP contribution < -0.4 is 0 Å². The maximum Gasteiger partial charge on any atom is 0.307 e. The highest BCUT2D eigenvalue weighted by Gasteiger charge is 2.09. The molecule has 0 aliphatic rings. The lowest BCUT2D eigenvalue weighted by molar-refractivity contribution is -0.136. The van der Waals surface area contributed by atoms with Crippen molar-refractivity contribution in [1.82, 2.24) is 0 Å². The number of carbonyl (C=O) groups is 1. The molecular weight excluding hydrogens is 240 g/mol. The molecule has 2 aromatic rings. The Labute approximate surface area is 102 Å². The van der Waals surface area contributed by atoms with Crippen molar-refractivity contribution in [1.29, 1.82) is 0 Å². The molecule has 0 aliphatic carbocycles. The Balaban J connectivity index is 2.16. The third-order valence-electron chi connectivity index (χ3n) is 2.00. The number of carboxylic acid groups (broad SMARTS) is 1. The van der Waals surface area contributed by atoms with Crippen LogP contribution in [-0.4, -0.2) is 11.1 Å². The summed E-state index contributed by atoms with van der Waals surface area (Å²) in [5, 5.41) is 10.7. The monoisotopic (exact) mass is 250 g/mol. The van der Waals surface area contributed by atoms with Crippen LogP contribution in [0.3, 0.4) is 0 Å². The Bertz CT molecular complexity index is 477. The van der Waals surface area contributed by atoms with E-state index in [0.717, 1.165) is 14.7 Å². The molecule has 0 atom stereocenters. The van der Waals surface area contributed by atoms with Gasteiger partial charge in [0.05, 0.1) is 10.6 Å². The van der Waals surface area contributed by atoms with Crippen LogP contribution in [0.15, 0.2) is 50.9 Å². The van der Waals surface area contributed by atoms with Gasteiger partial charge in [-0.25, -0.2) is 0 Å². The van der Waals surface area contributed by atoms with Crippen LogP contribution >= 0.6 is 23.1 Å². The van der Waals surface area contributed by atoms with Crippen LogP contribution in [0.1, 0.15) is 5.56 Å². The van der Waals surface area contributed by atoms with Gasteiger partial charge >= 0.3 is 5.97 Å². The van der Waals surface area contributed by atoms with Crippen molar-refractivity contribution in [2.24, 2.45) is 0 Å². The van der Waals surface area contributed by atoms with Crippen LogP contribution in [0.25, 0.3) is 0 Å². The van der Waals surface area contributed by atoms with Gasteiger partial charge in [0.1, 0.15) is 0 Å². The van der Waals surface area contributed by atoms with Crippen LogP contribution in [-0.2, 0) is 11.2 Å². The molecule has 0 fully saturated rings. The van der Waals surface area contributed by atoms with Crippen LogP contribution in [0.4, 0.5) is 0 Å². The number of carboxylic acids is 1. The molecule has 0 spiro atoms. The first-order chi connectivity index (χ1) is 7.75. The first kappa shape index (κ1) is 11.2. The molecule has 1 aromatic heterocycles. The molecule has 0 bridgehead atoms. The van der Waals surface area contributed by atoms with E-state index in [9.17, 15) is 4.79 Å². The fourth-order valence-corrected chi connectivity index (χ4v) is 3.37. The number of hydrogen-bond acceptors (Lipinski definition) is 3. The van der Waals surface area contributed by atoms with E-state index >= 15 is 0 Å². The van der Waals surface area contributed by atoms with E-state index < -0.39 is 5.97 Å². The van der Waals surface area contributed by atoms with E-state index in [4.69, 9.17) is 5.11 Å². The molecule has 82 valence electrons. The van der Waals surface area contributed by atoms with Crippen molar-refractivity contribution in [3.05, 3.63) is 47.3 Å². The maximum absolute atomic E-state index is 10.7. The molecule has 0 saturated heterocycles. The van der Waals surface area contributed by atoms with E-state index in [1.54, 1.807) is 23.1 Å². The van der Waals surface area contributed by atoms with Crippen molar-refractivity contribution < 1.29 is 9.90 Å². The van der Waals surface area contributed by atoms with Gasteiger partial charge in [0, 0.05) is 4.90 Å². The Morgan fingerprint density at radius 1 is 1.25 bits per heavy atom. The zero-order valence-corrected chi connectivity index (χ0v) is 10.1. The smallest absolute Gasteiger partial charge is 0.307 e. The summed E-state index contributed by atoms with van der Waals surface area (Å²) in [6.45, 7) is 0. The van der Waals surface area contributed by atoms with E-state index in [1.807, 2.05) is 41.8 Å². The van der Waals surface area contributed by atoms with Gasteiger partial charge in [0.15, 0.2) is 0 Å². The first-order valence-electron chi connectivity index (χ1n) is 4.77. The van der Waals surface area contributed by atoms with Gasteiger partial charge in [0.25, 0.3) is 0 Å². The van der Waals surface area contributed by atoms with Gasteiger partial charge in [0.2, 0.25) is 0 Å². The minimum Gasteiger partial charge on any atom is -0.481 e. The maximum atomic E-state index is 10.7. The Kier molecular flexibility index (Phi) is 3.64. The molecule has 2 rings (SSSR count). The predicted octanol–water partition coefficient (Wildman–Crippen LogP) is 3.53. The first-order valence-corrected chi connectivity index (χ1v) is 6.46. The topological polar surface area (TPSA) is 37.3 Å². The second-order valence-electron chi connectivity index (χ2n) is 3.22. The molecule has 0 aliphatic heterocycles. The average molecular weight is 250 g/mol. The van der Waals surface area contributed by atoms with E-state index in [0.29, 0.717) is 0 Å². The average Bonchev–Trinajstić information content (AvgIpc) is 2.66. The summed E-state index contributed by atoms with van der Waals surface area (Å²) < 4.78 is 1.06. The zero-order valence-electron chi connectivity index (χ0n) is 8.42. The van der Waals surface area contributed by atoms with Crippen LogP contribution in [0.5, 0.6) is 0 Å². The van der Waals surface area contributed by atoms with Gasteiger partial charge in [-0.1, -0.05) is 30.0 Å². The molecule has 0 amide bonds. The highest BCUT2D eigenvalue weighted by atomic mass is 32.2. The molecule has 0 radical (unpaired) electrons. The van der Waals surface area contributed by atoms with Crippen molar-refractivity contribution >= 4 is 29.1 Å². The number of thiophene rings is 1. The molecule has 2 nitrogen and oxygen atoms in total. The minimum atomic E-state index is -0.784. The lowest BCUT2D eigenvalue weighted by Gasteiger charge is -2.01. The molecule has 16 heavy (non-hydrogen) atoms. The van der Waals surface area contributed by atoms with E-state index in [-0.39, 0.29) is 6.42 Å². The SMILES string of the molecule is O=C(O)Cc1ccsc1Sc1ccccc1. The normalized spacial score (nSPS) is 10.2. The summed E-state index contributed by atoms with van der Waals surface area (Å²) in [6.07, 6.45) is 0.0959. The van der Waals surface area contributed by atoms with Gasteiger partial charge in [-0.05, 0) is 29.1 Å². The van der Waals surface area contributed by atoms with Gasteiger partial charge in [-0.15, -0.1) is 11.3 Å². The molecule has 1 aromatic carbocycles. The van der Waals surface area contributed by atoms with E-state index in [2.05, 4.69) is 0 Å². The fraction of sp³-hybridized carbons (Fsp3) is 0.0833. The van der Waals surface area contributed by atoms with Crippen molar-refractivity contribution in [3.8, 4) is 0 Å². The highest BCUT2D eigenvalue weighted by Crippen LogP contribution is 2.34. The summed E-state index contributed by atoms with van der Waals surface area (Å²) in [6, 6.07) is 11.9. The summed E-state index contributed by atoms with van der Waals surface area (Å²) in [5.74, 6) is -0.784. The fourth-order valence-electron chi connectivity index (χ4n) is 1.30. The summed E-state index contributed by atoms with van der Waals surface area (Å²) in [5.41, 5.74) is 0.895. The van der Waals surface area contributed by atoms with Gasteiger partial charge in [-0.2, -0.15) is 0 Å². The summed E-state index contributed by atoms with van der Waals surface area (Å²) in [7, 11) is 0. The minimum absolute atomic E-state index is 0.0959. The lowest BCUT2D eigenvalue weighted by Crippen LogP contribution is -1.99. The quantitative estimate of drug-likeness (QED) is 0.902. The third-order valence-corrected chi connectivity index (χ3v) is 4.24. The van der Waals surface area contributed by atoms with Crippen LogP contribution in [0.2, 0.25) is 0 Å². The number of aliphatic carboxylic acids is 1. The second-order valence-corrected chi connectivity index (χ2v) is 5.48. The van der Waals surface area contributed by atoms with E-state index in [1.165, 1.54) is 0 Å². The lowest BCUT2D eigenvalue weighted by atomic mass is 10.2. The third kappa shape index (κ3) is 2.87. The van der Waals surface area contributed by atoms with Crippen molar-refractivity contribution in [2.45, 2.75) is 15.5 Å². The highest BCUT2D eigenvalue weighted by molar-refractivity contribution is 8.01. The van der Waals surface area contributed by atoms with Gasteiger partial charge < -0.3 is 5.11 Å². The molecule has 0 saturated carbocycles. The molecular formula is C12H10O2S2. The number of rotatable bonds is 4. The Morgan fingerprint density at radius 2 is 2.00 bits per heavy atom. The zero-order chi connectivity index (χ0) is 11.4.